The lowest BCUT2D eigenvalue weighted by atomic mass is 9.93. The number of hydrogen-bond donors (Lipinski definition) is 0. The first-order valence-electron chi connectivity index (χ1n) is 11.8. The summed E-state index contributed by atoms with van der Waals surface area (Å²) in [6, 6.07) is 0. The third-order valence-corrected chi connectivity index (χ3v) is 4.96. The smallest absolute Gasteiger partial charge is 0.315 e. The highest BCUT2D eigenvalue weighted by atomic mass is 16.7. The van der Waals surface area contributed by atoms with E-state index >= 15 is 0 Å². The van der Waals surface area contributed by atoms with E-state index in [9.17, 15) is 19.2 Å². The largest absolute Gasteiger partial charge is 0.462 e. The minimum absolute atomic E-state index is 0.266. The average Bonchev–Trinajstić information content (AvgIpc) is 2.65. The molecule has 1 saturated heterocycles. The number of rotatable bonds is 5. The molecule has 0 radical (unpaired) electrons. The Morgan fingerprint density at radius 2 is 0.971 bits per heavy atom. The Labute approximate surface area is 209 Å². The summed E-state index contributed by atoms with van der Waals surface area (Å²) in [6.07, 6.45) is -4.56. The highest BCUT2D eigenvalue weighted by Gasteiger charge is 2.56. The Bertz CT molecular complexity index is 788. The average molecular weight is 500 g/mol. The Hall–Kier alpha value is -2.29. The number of carbonyl (C=O) groups excluding carboxylic acids is 4. The van der Waals surface area contributed by atoms with Crippen molar-refractivity contribution < 1.29 is 42.9 Å². The number of ether oxygens (including phenoxy) is 5. The van der Waals surface area contributed by atoms with E-state index in [2.05, 4.69) is 0 Å². The minimum Gasteiger partial charge on any atom is -0.462 e. The summed E-state index contributed by atoms with van der Waals surface area (Å²) >= 11 is 0. The van der Waals surface area contributed by atoms with E-state index in [0.717, 1.165) is 0 Å². The number of hydrogen-bond acceptors (Lipinski definition) is 9. The van der Waals surface area contributed by atoms with Crippen LogP contribution >= 0.6 is 0 Å². The van der Waals surface area contributed by atoms with Crippen molar-refractivity contribution in [1.82, 2.24) is 0 Å². The normalized spacial score (nSPS) is 23.5. The standard InChI is InChI=1S/C26H43O9/c1-23(2,3)19(27)32-13-15-17(34-21(29)25(7,8)9)18(35-22(30)26(10,11)12)16(14-31-15)33-20(28)24(4,5)6/h14-18H,13H2,1-12H3/q+1. The van der Waals surface area contributed by atoms with Crippen molar-refractivity contribution in [2.24, 2.45) is 21.7 Å². The Kier molecular flexibility index (Phi) is 9.45. The maximum absolute atomic E-state index is 12.9. The summed E-state index contributed by atoms with van der Waals surface area (Å²) in [5.41, 5.74) is -3.38. The second-order valence-electron chi connectivity index (χ2n) is 13.0. The van der Waals surface area contributed by atoms with Crippen molar-refractivity contribution in [1.29, 1.82) is 0 Å². The first kappa shape index (κ1) is 30.7. The molecule has 1 heterocycles. The fourth-order valence-electron chi connectivity index (χ4n) is 2.51. The molecule has 200 valence electrons. The fourth-order valence-corrected chi connectivity index (χ4v) is 2.51. The fraction of sp³-hybridized carbons (Fsp3) is 0.808. The van der Waals surface area contributed by atoms with Gasteiger partial charge in [0.05, 0.1) is 21.7 Å². The molecule has 1 fully saturated rings. The quantitative estimate of drug-likeness (QED) is 0.314. The molecule has 1 rings (SSSR count). The van der Waals surface area contributed by atoms with Crippen LogP contribution in [0, 0.1) is 28.3 Å². The zero-order chi connectivity index (χ0) is 27.6. The Balaban J connectivity index is 3.38. The summed E-state index contributed by atoms with van der Waals surface area (Å²) in [4.78, 5) is 50.7. The number of carbonyl (C=O) groups is 4. The van der Waals surface area contributed by atoms with Crippen LogP contribution in [0.4, 0.5) is 0 Å². The molecule has 35 heavy (non-hydrogen) atoms. The molecule has 1 aliphatic heterocycles. The predicted molar refractivity (Wildman–Crippen MR) is 128 cm³/mol. The molecule has 4 atom stereocenters. The second kappa shape index (κ2) is 10.8. The van der Waals surface area contributed by atoms with Gasteiger partial charge in [-0.2, -0.15) is 4.74 Å². The van der Waals surface area contributed by atoms with Crippen LogP contribution in [0.25, 0.3) is 0 Å². The summed E-state index contributed by atoms with van der Waals surface area (Å²) in [7, 11) is 0. The molecule has 0 amide bonds. The van der Waals surface area contributed by atoms with Gasteiger partial charge in [0.25, 0.3) is 6.61 Å². The van der Waals surface area contributed by atoms with Crippen LogP contribution in [-0.4, -0.2) is 54.9 Å². The molecule has 4 unspecified atom stereocenters. The molecule has 0 aromatic rings. The highest BCUT2D eigenvalue weighted by molar-refractivity contribution is 5.78. The first-order chi connectivity index (χ1) is 15.5. The van der Waals surface area contributed by atoms with Gasteiger partial charge in [0.15, 0.2) is 12.2 Å². The molecule has 0 aromatic carbocycles. The van der Waals surface area contributed by atoms with Crippen LogP contribution in [0.5, 0.6) is 0 Å². The van der Waals surface area contributed by atoms with Gasteiger partial charge in [-0.25, -0.2) is 0 Å². The van der Waals surface area contributed by atoms with Gasteiger partial charge < -0.3 is 18.9 Å². The van der Waals surface area contributed by atoms with Gasteiger partial charge >= 0.3 is 30.0 Å². The molecular weight excluding hydrogens is 456 g/mol. The van der Waals surface area contributed by atoms with E-state index < -0.39 is 70.0 Å². The lowest BCUT2D eigenvalue weighted by molar-refractivity contribution is -0.228. The van der Waals surface area contributed by atoms with Crippen LogP contribution in [0.2, 0.25) is 0 Å². The lowest BCUT2D eigenvalue weighted by Crippen LogP contribution is -2.58. The van der Waals surface area contributed by atoms with Crippen molar-refractivity contribution >= 4 is 23.9 Å². The SMILES string of the molecule is CC(C)(C)C(=O)OCC1O[CH+]C(OC(=O)C(C)(C)C)C(OC(=O)C(C)(C)C)C1OC(=O)C(C)(C)C. The monoisotopic (exact) mass is 499 g/mol. The van der Waals surface area contributed by atoms with E-state index in [0.29, 0.717) is 0 Å². The molecule has 9 heteroatoms. The summed E-state index contributed by atoms with van der Waals surface area (Å²) < 4.78 is 28.3. The van der Waals surface area contributed by atoms with Crippen LogP contribution in [-0.2, 0) is 42.9 Å². The third-order valence-electron chi connectivity index (χ3n) is 4.96. The van der Waals surface area contributed by atoms with Gasteiger partial charge in [0.1, 0.15) is 6.61 Å². The van der Waals surface area contributed by atoms with Crippen molar-refractivity contribution in [2.75, 3.05) is 6.61 Å². The molecule has 0 N–H and O–H groups in total. The van der Waals surface area contributed by atoms with Gasteiger partial charge in [0, 0.05) is 0 Å². The van der Waals surface area contributed by atoms with Gasteiger partial charge in [-0.1, -0.05) is 0 Å². The molecule has 0 saturated carbocycles. The van der Waals surface area contributed by atoms with E-state index in [1.54, 1.807) is 83.1 Å². The topological polar surface area (TPSA) is 114 Å². The zero-order valence-electron chi connectivity index (χ0n) is 23.3. The van der Waals surface area contributed by atoms with E-state index in [4.69, 9.17) is 23.7 Å². The molecular formula is C26H43O9+. The molecule has 0 bridgehead atoms. The maximum Gasteiger partial charge on any atom is 0.315 e. The van der Waals surface area contributed by atoms with Crippen LogP contribution in [0.1, 0.15) is 83.1 Å². The number of esters is 4. The Morgan fingerprint density at radius 3 is 1.37 bits per heavy atom. The Morgan fingerprint density at radius 1 is 0.600 bits per heavy atom. The minimum atomic E-state index is -1.22. The van der Waals surface area contributed by atoms with E-state index in [1.165, 1.54) is 6.61 Å². The molecule has 0 aliphatic carbocycles. The molecule has 0 spiro atoms. The second-order valence-corrected chi connectivity index (χ2v) is 13.0. The van der Waals surface area contributed by atoms with Crippen molar-refractivity contribution in [3.8, 4) is 0 Å². The van der Waals surface area contributed by atoms with Crippen LogP contribution < -0.4 is 0 Å². The highest BCUT2D eigenvalue weighted by Crippen LogP contribution is 2.32. The zero-order valence-corrected chi connectivity index (χ0v) is 23.3. The summed E-state index contributed by atoms with van der Waals surface area (Å²) in [5, 5.41) is 0. The summed E-state index contributed by atoms with van der Waals surface area (Å²) in [5.74, 6) is -2.21. The van der Waals surface area contributed by atoms with Crippen LogP contribution in [0.15, 0.2) is 0 Å². The molecule has 0 aromatic heterocycles. The van der Waals surface area contributed by atoms with Gasteiger partial charge in [-0.05, 0) is 83.1 Å². The maximum atomic E-state index is 12.9. The first-order valence-corrected chi connectivity index (χ1v) is 11.8. The van der Waals surface area contributed by atoms with Gasteiger partial charge in [-0.15, -0.1) is 0 Å². The summed E-state index contributed by atoms with van der Waals surface area (Å²) in [6.45, 7) is 21.2. The lowest BCUT2D eigenvalue weighted by Gasteiger charge is -2.37. The molecule has 1 aliphatic rings. The van der Waals surface area contributed by atoms with E-state index in [1.807, 2.05) is 0 Å². The van der Waals surface area contributed by atoms with E-state index in [-0.39, 0.29) is 6.61 Å². The predicted octanol–water partition coefficient (Wildman–Crippen LogP) is 4.01. The van der Waals surface area contributed by atoms with Crippen molar-refractivity contribution in [2.45, 2.75) is 108 Å². The van der Waals surface area contributed by atoms with Crippen molar-refractivity contribution in [3.05, 3.63) is 6.61 Å². The molecule has 9 nitrogen and oxygen atoms in total. The van der Waals surface area contributed by atoms with Crippen molar-refractivity contribution in [3.63, 3.8) is 0 Å². The van der Waals surface area contributed by atoms with Crippen LogP contribution in [0.3, 0.4) is 0 Å². The third kappa shape index (κ3) is 9.02. The van der Waals surface area contributed by atoms with Gasteiger partial charge in [-0.3, -0.25) is 19.2 Å². The van der Waals surface area contributed by atoms with Gasteiger partial charge in [0.2, 0.25) is 6.10 Å².